The molecule has 0 radical (unpaired) electrons. The zero-order valence-corrected chi connectivity index (χ0v) is 21.7. The highest BCUT2D eigenvalue weighted by Crippen LogP contribution is 2.28. The monoisotopic (exact) mass is 524 g/mol. The zero-order valence-electron chi connectivity index (χ0n) is 20.9. The maximum absolute atomic E-state index is 12.7. The van der Waals surface area contributed by atoms with Gasteiger partial charge in [-0.1, -0.05) is 41.9 Å². The topological polar surface area (TPSA) is 91.0 Å². The van der Waals surface area contributed by atoms with Gasteiger partial charge in [0, 0.05) is 50.7 Å². The SMILES string of the molecule is O=C(Cc1ccc(Cl)c(CCN2CCOCC2)c1)NCc1ccc2c(c1)CN(C1CCC(=O)NC1=O)C2. The predicted molar refractivity (Wildman–Crippen MR) is 140 cm³/mol. The number of ether oxygens (including phenoxy) is 1. The molecule has 3 amide bonds. The number of carbonyl (C=O) groups excluding carboxylic acids is 3. The van der Waals surface area contributed by atoms with Gasteiger partial charge in [0.2, 0.25) is 17.7 Å². The molecule has 5 rings (SSSR count). The minimum atomic E-state index is -0.272. The summed E-state index contributed by atoms with van der Waals surface area (Å²) in [7, 11) is 0. The van der Waals surface area contributed by atoms with Gasteiger partial charge in [-0.25, -0.2) is 0 Å². The maximum Gasteiger partial charge on any atom is 0.243 e. The average molecular weight is 525 g/mol. The number of carbonyl (C=O) groups is 3. The standard InChI is InChI=1S/C28H33ClN4O4/c29-24-4-2-19(13-21(24)7-8-32-9-11-37-12-10-32)15-27(35)30-16-20-1-3-22-17-33(18-23(22)14-20)25-5-6-26(34)31-28(25)36/h1-4,13-14,25H,5-12,15-18H2,(H,30,35)(H,31,34,36). The van der Waals surface area contributed by atoms with Crippen LogP contribution >= 0.6 is 11.6 Å². The summed E-state index contributed by atoms with van der Waals surface area (Å²) < 4.78 is 5.41. The number of nitrogens with zero attached hydrogens (tertiary/aromatic N) is 2. The lowest BCUT2D eigenvalue weighted by Gasteiger charge is -2.29. The highest BCUT2D eigenvalue weighted by molar-refractivity contribution is 6.31. The first-order valence-electron chi connectivity index (χ1n) is 13.0. The van der Waals surface area contributed by atoms with Crippen molar-refractivity contribution in [2.24, 2.45) is 0 Å². The Kier molecular flexibility index (Phi) is 8.20. The van der Waals surface area contributed by atoms with Crippen LogP contribution in [0.2, 0.25) is 5.02 Å². The quantitative estimate of drug-likeness (QED) is 0.515. The number of amides is 3. The van der Waals surface area contributed by atoms with E-state index in [4.69, 9.17) is 16.3 Å². The van der Waals surface area contributed by atoms with E-state index >= 15 is 0 Å². The number of hydrogen-bond acceptors (Lipinski definition) is 6. The van der Waals surface area contributed by atoms with Crippen molar-refractivity contribution in [1.29, 1.82) is 0 Å². The van der Waals surface area contributed by atoms with Crippen molar-refractivity contribution in [1.82, 2.24) is 20.4 Å². The van der Waals surface area contributed by atoms with Crippen LogP contribution in [0.1, 0.15) is 40.7 Å². The Bertz CT molecular complexity index is 1180. The summed E-state index contributed by atoms with van der Waals surface area (Å²) >= 11 is 6.43. The number of hydrogen-bond donors (Lipinski definition) is 2. The third-order valence-corrected chi connectivity index (χ3v) is 7.80. The minimum Gasteiger partial charge on any atom is -0.379 e. The van der Waals surface area contributed by atoms with Gasteiger partial charge in [0.1, 0.15) is 0 Å². The van der Waals surface area contributed by atoms with E-state index in [0.29, 0.717) is 38.9 Å². The van der Waals surface area contributed by atoms with Crippen molar-refractivity contribution in [2.75, 3.05) is 32.8 Å². The molecule has 0 aromatic heterocycles. The second-order valence-electron chi connectivity index (χ2n) is 10.1. The van der Waals surface area contributed by atoms with Gasteiger partial charge >= 0.3 is 0 Å². The predicted octanol–water partition coefficient (Wildman–Crippen LogP) is 2.19. The molecule has 2 fully saturated rings. The average Bonchev–Trinajstić information content (AvgIpc) is 3.31. The second kappa shape index (κ2) is 11.7. The van der Waals surface area contributed by atoms with Crippen LogP contribution in [0.15, 0.2) is 36.4 Å². The van der Waals surface area contributed by atoms with Gasteiger partial charge < -0.3 is 10.1 Å². The molecule has 0 saturated carbocycles. The van der Waals surface area contributed by atoms with E-state index in [-0.39, 0.29) is 23.8 Å². The summed E-state index contributed by atoms with van der Waals surface area (Å²) in [5.74, 6) is -0.436. The van der Waals surface area contributed by atoms with Crippen LogP contribution in [0.3, 0.4) is 0 Å². The van der Waals surface area contributed by atoms with Gasteiger partial charge in [0.15, 0.2) is 0 Å². The molecule has 37 heavy (non-hydrogen) atoms. The van der Waals surface area contributed by atoms with Gasteiger partial charge in [0.05, 0.1) is 25.7 Å². The summed E-state index contributed by atoms with van der Waals surface area (Å²) in [4.78, 5) is 40.9. The molecule has 9 heteroatoms. The van der Waals surface area contributed by atoms with E-state index in [0.717, 1.165) is 61.0 Å². The van der Waals surface area contributed by atoms with Crippen LogP contribution in [0.4, 0.5) is 0 Å². The van der Waals surface area contributed by atoms with Crippen molar-refractivity contribution in [2.45, 2.75) is 51.4 Å². The lowest BCUT2D eigenvalue weighted by Crippen LogP contribution is -2.50. The molecule has 3 heterocycles. The number of halogens is 1. The molecule has 2 saturated heterocycles. The minimum absolute atomic E-state index is 0.0351. The number of piperidine rings is 1. The van der Waals surface area contributed by atoms with Crippen LogP contribution in [-0.2, 0) is 51.6 Å². The number of imide groups is 1. The molecule has 1 unspecified atom stereocenters. The zero-order chi connectivity index (χ0) is 25.8. The largest absolute Gasteiger partial charge is 0.379 e. The van der Waals surface area contributed by atoms with Crippen molar-refractivity contribution >= 4 is 29.3 Å². The highest BCUT2D eigenvalue weighted by Gasteiger charge is 2.34. The van der Waals surface area contributed by atoms with Crippen molar-refractivity contribution in [3.8, 4) is 0 Å². The molecule has 1 atom stereocenters. The van der Waals surface area contributed by atoms with Crippen molar-refractivity contribution < 1.29 is 19.1 Å². The fraction of sp³-hybridized carbons (Fsp3) is 0.464. The molecule has 3 aliphatic rings. The molecular weight excluding hydrogens is 492 g/mol. The lowest BCUT2D eigenvalue weighted by atomic mass is 10.0. The van der Waals surface area contributed by atoms with Gasteiger partial charge in [-0.05, 0) is 46.7 Å². The molecular formula is C28H33ClN4O4. The third kappa shape index (κ3) is 6.57. The Balaban J connectivity index is 1.12. The Hall–Kier alpha value is -2.78. The first kappa shape index (κ1) is 25.9. The first-order valence-corrected chi connectivity index (χ1v) is 13.3. The molecule has 8 nitrogen and oxygen atoms in total. The Labute approximate surface area is 222 Å². The maximum atomic E-state index is 12.7. The molecule has 2 aromatic rings. The summed E-state index contributed by atoms with van der Waals surface area (Å²) in [6.07, 6.45) is 2.08. The van der Waals surface area contributed by atoms with Crippen LogP contribution in [-0.4, -0.2) is 66.4 Å². The highest BCUT2D eigenvalue weighted by atomic mass is 35.5. The van der Waals surface area contributed by atoms with E-state index < -0.39 is 0 Å². The number of morpholine rings is 1. The van der Waals surface area contributed by atoms with E-state index in [1.807, 2.05) is 24.3 Å². The molecule has 0 bridgehead atoms. The third-order valence-electron chi connectivity index (χ3n) is 7.43. The number of fused-ring (bicyclic) bond motifs is 1. The van der Waals surface area contributed by atoms with Gasteiger partial charge in [-0.2, -0.15) is 0 Å². The Morgan fingerprint density at radius 2 is 1.84 bits per heavy atom. The lowest BCUT2D eigenvalue weighted by molar-refractivity contribution is -0.137. The van der Waals surface area contributed by atoms with Crippen molar-refractivity contribution in [3.63, 3.8) is 0 Å². The summed E-state index contributed by atoms with van der Waals surface area (Å²) in [6.45, 7) is 6.17. The normalized spacial score (nSPS) is 20.5. The van der Waals surface area contributed by atoms with E-state index in [2.05, 4.69) is 32.6 Å². The Morgan fingerprint density at radius 3 is 2.65 bits per heavy atom. The molecule has 0 aliphatic carbocycles. The molecule has 2 N–H and O–H groups in total. The first-order chi connectivity index (χ1) is 17.9. The molecule has 2 aromatic carbocycles. The summed E-state index contributed by atoms with van der Waals surface area (Å²) in [5, 5.41) is 6.22. The van der Waals surface area contributed by atoms with Crippen LogP contribution < -0.4 is 10.6 Å². The fourth-order valence-corrected chi connectivity index (χ4v) is 5.53. The molecule has 196 valence electrons. The van der Waals surface area contributed by atoms with Crippen LogP contribution in [0.25, 0.3) is 0 Å². The van der Waals surface area contributed by atoms with Crippen LogP contribution in [0.5, 0.6) is 0 Å². The van der Waals surface area contributed by atoms with Gasteiger partial charge in [0.25, 0.3) is 0 Å². The van der Waals surface area contributed by atoms with E-state index in [9.17, 15) is 14.4 Å². The molecule has 0 spiro atoms. The van der Waals surface area contributed by atoms with E-state index in [1.54, 1.807) is 0 Å². The van der Waals surface area contributed by atoms with Crippen molar-refractivity contribution in [3.05, 3.63) is 69.2 Å². The molecule has 3 aliphatic heterocycles. The summed E-state index contributed by atoms with van der Waals surface area (Å²) in [6, 6.07) is 11.8. The van der Waals surface area contributed by atoms with E-state index in [1.165, 1.54) is 11.1 Å². The second-order valence-corrected chi connectivity index (χ2v) is 10.5. The van der Waals surface area contributed by atoms with Crippen LogP contribution in [0, 0.1) is 0 Å². The van der Waals surface area contributed by atoms with Gasteiger partial charge in [-0.3, -0.25) is 29.5 Å². The Morgan fingerprint density at radius 1 is 1.05 bits per heavy atom. The summed E-state index contributed by atoms with van der Waals surface area (Å²) in [5.41, 5.74) is 5.40. The smallest absolute Gasteiger partial charge is 0.243 e. The fourth-order valence-electron chi connectivity index (χ4n) is 5.32. The number of benzene rings is 2. The number of rotatable bonds is 8. The number of nitrogens with one attached hydrogen (secondary N) is 2. The van der Waals surface area contributed by atoms with Gasteiger partial charge in [-0.15, -0.1) is 0 Å².